The highest BCUT2D eigenvalue weighted by atomic mass is 32.1. The van der Waals surface area contributed by atoms with Gasteiger partial charge in [0.2, 0.25) is 0 Å². The van der Waals surface area contributed by atoms with Crippen molar-refractivity contribution in [1.82, 2.24) is 30.6 Å². The summed E-state index contributed by atoms with van der Waals surface area (Å²) in [5.41, 5.74) is 6.81. The quantitative estimate of drug-likeness (QED) is 0.481. The standard InChI is InChI=1S/C17H16N6O2S/c1-11-5-7-12(8-6-11)15-20-22-17(26)23(15)10-14(24)19-21-16(25)13-4-2-3-9-18-13/h2-9H,10H2,1H3,(H,19,24)(H,21,25)(H,22,26). The third-order valence-electron chi connectivity index (χ3n) is 3.58. The molecule has 0 atom stereocenters. The van der Waals surface area contributed by atoms with E-state index in [9.17, 15) is 9.59 Å². The molecule has 0 aliphatic carbocycles. The molecule has 0 saturated carbocycles. The summed E-state index contributed by atoms with van der Waals surface area (Å²) in [7, 11) is 0. The Morgan fingerprint density at radius 2 is 1.92 bits per heavy atom. The van der Waals surface area contributed by atoms with Gasteiger partial charge >= 0.3 is 0 Å². The number of hydrogen-bond acceptors (Lipinski definition) is 5. The summed E-state index contributed by atoms with van der Waals surface area (Å²) in [5, 5.41) is 6.86. The average Bonchev–Trinajstić information content (AvgIpc) is 3.01. The highest BCUT2D eigenvalue weighted by molar-refractivity contribution is 7.71. The van der Waals surface area contributed by atoms with Crippen molar-refractivity contribution < 1.29 is 9.59 Å². The van der Waals surface area contributed by atoms with E-state index in [2.05, 4.69) is 26.0 Å². The van der Waals surface area contributed by atoms with E-state index in [1.807, 2.05) is 31.2 Å². The summed E-state index contributed by atoms with van der Waals surface area (Å²) >= 11 is 5.20. The highest BCUT2D eigenvalue weighted by Gasteiger charge is 2.13. The van der Waals surface area contributed by atoms with Crippen LogP contribution >= 0.6 is 12.2 Å². The first-order valence-electron chi connectivity index (χ1n) is 7.77. The third-order valence-corrected chi connectivity index (χ3v) is 3.89. The van der Waals surface area contributed by atoms with Gasteiger partial charge in [-0.2, -0.15) is 5.10 Å². The number of rotatable bonds is 4. The first-order chi connectivity index (χ1) is 12.5. The van der Waals surface area contributed by atoms with Gasteiger partial charge < -0.3 is 0 Å². The largest absolute Gasteiger partial charge is 0.291 e. The molecule has 3 rings (SSSR count). The number of hydrogen-bond donors (Lipinski definition) is 3. The Bertz CT molecular complexity index is 978. The van der Waals surface area contributed by atoms with Crippen molar-refractivity contribution in [3.63, 3.8) is 0 Å². The summed E-state index contributed by atoms with van der Waals surface area (Å²) in [6, 6.07) is 12.6. The Hall–Kier alpha value is -3.33. The van der Waals surface area contributed by atoms with Crippen LogP contribution in [-0.2, 0) is 11.3 Å². The van der Waals surface area contributed by atoms with Gasteiger partial charge in [-0.05, 0) is 31.3 Å². The molecule has 26 heavy (non-hydrogen) atoms. The van der Waals surface area contributed by atoms with Crippen LogP contribution in [-0.4, -0.2) is 31.6 Å². The van der Waals surface area contributed by atoms with E-state index in [0.29, 0.717) is 10.6 Å². The lowest BCUT2D eigenvalue weighted by Gasteiger charge is -2.09. The molecule has 0 saturated heterocycles. The number of H-pyrrole nitrogens is 1. The number of amides is 2. The SMILES string of the molecule is Cc1ccc(-c2n[nH]c(=S)n2CC(=O)NNC(=O)c2ccccn2)cc1. The van der Waals surface area contributed by atoms with E-state index in [0.717, 1.165) is 11.1 Å². The Morgan fingerprint density at radius 1 is 1.15 bits per heavy atom. The van der Waals surface area contributed by atoms with Gasteiger partial charge in [-0.25, -0.2) is 0 Å². The summed E-state index contributed by atoms with van der Waals surface area (Å²) < 4.78 is 1.87. The van der Waals surface area contributed by atoms with Crippen LogP contribution in [0.1, 0.15) is 16.1 Å². The zero-order valence-corrected chi connectivity index (χ0v) is 14.7. The molecule has 8 nitrogen and oxygen atoms in total. The van der Waals surface area contributed by atoms with Gasteiger partial charge in [0.05, 0.1) is 0 Å². The van der Waals surface area contributed by atoms with Crippen LogP contribution in [0.3, 0.4) is 0 Å². The molecule has 3 N–H and O–H groups in total. The minimum Gasteiger partial charge on any atom is -0.291 e. The van der Waals surface area contributed by atoms with E-state index in [1.54, 1.807) is 22.8 Å². The molecule has 0 bridgehead atoms. The monoisotopic (exact) mass is 368 g/mol. The molecular formula is C17H16N6O2S. The topological polar surface area (TPSA) is 105 Å². The van der Waals surface area contributed by atoms with Crippen molar-refractivity contribution in [2.45, 2.75) is 13.5 Å². The lowest BCUT2D eigenvalue weighted by atomic mass is 10.1. The summed E-state index contributed by atoms with van der Waals surface area (Å²) in [5.74, 6) is -0.408. The molecule has 0 aliphatic rings. The number of carbonyl (C=O) groups excluding carboxylic acids is 2. The number of pyridine rings is 1. The normalized spacial score (nSPS) is 10.3. The Morgan fingerprint density at radius 3 is 2.62 bits per heavy atom. The van der Waals surface area contributed by atoms with Crippen LogP contribution in [0.15, 0.2) is 48.7 Å². The number of aromatic nitrogens is 4. The molecule has 2 aromatic heterocycles. The second kappa shape index (κ2) is 7.70. The van der Waals surface area contributed by atoms with Gasteiger partial charge in [0.15, 0.2) is 10.6 Å². The predicted molar refractivity (Wildman–Crippen MR) is 97.4 cm³/mol. The maximum atomic E-state index is 12.2. The molecule has 0 unspecified atom stereocenters. The van der Waals surface area contributed by atoms with Crippen molar-refractivity contribution in [1.29, 1.82) is 0 Å². The van der Waals surface area contributed by atoms with Gasteiger partial charge in [-0.1, -0.05) is 35.9 Å². The Labute approximate surface area is 154 Å². The highest BCUT2D eigenvalue weighted by Crippen LogP contribution is 2.17. The zero-order chi connectivity index (χ0) is 18.5. The predicted octanol–water partition coefficient (Wildman–Crippen LogP) is 1.77. The first kappa shape index (κ1) is 17.5. The van der Waals surface area contributed by atoms with Crippen molar-refractivity contribution in [2.24, 2.45) is 0 Å². The van der Waals surface area contributed by atoms with Gasteiger partial charge in [-0.3, -0.25) is 35.1 Å². The third kappa shape index (κ3) is 4.01. The van der Waals surface area contributed by atoms with E-state index < -0.39 is 11.8 Å². The zero-order valence-electron chi connectivity index (χ0n) is 13.9. The van der Waals surface area contributed by atoms with E-state index in [4.69, 9.17) is 12.2 Å². The van der Waals surface area contributed by atoms with E-state index in [-0.39, 0.29) is 12.2 Å². The van der Waals surface area contributed by atoms with E-state index >= 15 is 0 Å². The summed E-state index contributed by atoms with van der Waals surface area (Å²) in [6.07, 6.45) is 1.50. The fourth-order valence-corrected chi connectivity index (χ4v) is 2.45. The second-order valence-corrected chi connectivity index (χ2v) is 5.91. The van der Waals surface area contributed by atoms with Gasteiger partial charge in [0.25, 0.3) is 11.8 Å². The molecule has 132 valence electrons. The fourth-order valence-electron chi connectivity index (χ4n) is 2.26. The molecule has 9 heteroatoms. The van der Waals surface area contributed by atoms with Gasteiger partial charge in [0.1, 0.15) is 12.2 Å². The lowest BCUT2D eigenvalue weighted by molar-refractivity contribution is -0.122. The average molecular weight is 368 g/mol. The van der Waals surface area contributed by atoms with Gasteiger partial charge in [-0.15, -0.1) is 0 Å². The van der Waals surface area contributed by atoms with E-state index in [1.165, 1.54) is 6.20 Å². The summed E-state index contributed by atoms with van der Waals surface area (Å²) in [6.45, 7) is 1.89. The molecule has 3 aromatic rings. The second-order valence-electron chi connectivity index (χ2n) is 5.52. The number of hydrazine groups is 1. The lowest BCUT2D eigenvalue weighted by Crippen LogP contribution is -2.43. The van der Waals surface area contributed by atoms with Crippen LogP contribution in [0.25, 0.3) is 11.4 Å². The van der Waals surface area contributed by atoms with Crippen molar-refractivity contribution in [2.75, 3.05) is 0 Å². The number of nitrogens with one attached hydrogen (secondary N) is 3. The van der Waals surface area contributed by atoms with Gasteiger partial charge in [0, 0.05) is 11.8 Å². The first-order valence-corrected chi connectivity index (χ1v) is 8.18. The maximum Gasteiger partial charge on any atom is 0.288 e. The molecule has 2 heterocycles. The number of aryl methyl sites for hydroxylation is 1. The molecule has 2 amide bonds. The Balaban J connectivity index is 1.68. The van der Waals surface area contributed by atoms with Crippen LogP contribution in [0.4, 0.5) is 0 Å². The van der Waals surface area contributed by atoms with Crippen molar-refractivity contribution in [3.8, 4) is 11.4 Å². The minimum atomic E-state index is -0.506. The number of nitrogens with zero attached hydrogens (tertiary/aromatic N) is 3. The molecule has 0 fully saturated rings. The molecule has 0 radical (unpaired) electrons. The molecule has 0 aliphatic heterocycles. The molecule has 1 aromatic carbocycles. The van der Waals surface area contributed by atoms with Crippen LogP contribution in [0.5, 0.6) is 0 Å². The summed E-state index contributed by atoms with van der Waals surface area (Å²) in [4.78, 5) is 28.0. The van der Waals surface area contributed by atoms with Crippen LogP contribution < -0.4 is 10.9 Å². The fraction of sp³-hybridized carbons (Fsp3) is 0.118. The van der Waals surface area contributed by atoms with Crippen LogP contribution in [0.2, 0.25) is 0 Å². The minimum absolute atomic E-state index is 0.0962. The molecular weight excluding hydrogens is 352 g/mol. The number of aromatic amines is 1. The Kier molecular flexibility index (Phi) is 5.18. The van der Waals surface area contributed by atoms with Crippen molar-refractivity contribution in [3.05, 3.63) is 64.7 Å². The smallest absolute Gasteiger partial charge is 0.288 e. The molecule has 0 spiro atoms. The number of carbonyl (C=O) groups is 2. The van der Waals surface area contributed by atoms with Crippen LogP contribution in [0, 0.1) is 11.7 Å². The van der Waals surface area contributed by atoms with Crippen molar-refractivity contribution >= 4 is 24.0 Å². The maximum absolute atomic E-state index is 12.2. The number of benzene rings is 1.